The van der Waals surface area contributed by atoms with Crippen molar-refractivity contribution < 1.29 is 9.59 Å². The van der Waals surface area contributed by atoms with Crippen molar-refractivity contribution in [1.82, 2.24) is 4.98 Å². The Hall–Kier alpha value is -2.64. The number of thioether (sulfide) groups is 1. The lowest BCUT2D eigenvalue weighted by Crippen LogP contribution is -2.14. The predicted octanol–water partition coefficient (Wildman–Crippen LogP) is 4.95. The molecule has 0 spiro atoms. The van der Waals surface area contributed by atoms with Crippen molar-refractivity contribution in [2.24, 2.45) is 0 Å². The van der Waals surface area contributed by atoms with Gasteiger partial charge in [0.15, 0.2) is 0 Å². The number of hydrogen-bond donors (Lipinski definition) is 2. The van der Waals surface area contributed by atoms with E-state index in [2.05, 4.69) is 46.8 Å². The van der Waals surface area contributed by atoms with Gasteiger partial charge in [-0.1, -0.05) is 29.8 Å². The van der Waals surface area contributed by atoms with Crippen LogP contribution in [0.25, 0.3) is 10.6 Å². The minimum atomic E-state index is -0.124. The van der Waals surface area contributed by atoms with Crippen LogP contribution in [0, 0.1) is 6.92 Å². The van der Waals surface area contributed by atoms with Crippen LogP contribution in [0.5, 0.6) is 0 Å². The molecule has 0 saturated heterocycles. The van der Waals surface area contributed by atoms with E-state index >= 15 is 0 Å². The summed E-state index contributed by atoms with van der Waals surface area (Å²) in [5, 5.41) is 8.59. The van der Waals surface area contributed by atoms with Gasteiger partial charge in [-0.25, -0.2) is 4.98 Å². The predicted molar refractivity (Wildman–Crippen MR) is 118 cm³/mol. The highest BCUT2D eigenvalue weighted by atomic mass is 32.2. The van der Waals surface area contributed by atoms with E-state index in [-0.39, 0.29) is 11.8 Å². The molecule has 2 amide bonds. The van der Waals surface area contributed by atoms with E-state index in [0.717, 1.165) is 16.3 Å². The van der Waals surface area contributed by atoms with Gasteiger partial charge in [-0.2, -0.15) is 0 Å². The van der Waals surface area contributed by atoms with Crippen LogP contribution in [0.15, 0.2) is 53.9 Å². The maximum Gasteiger partial charge on any atom is 0.234 e. The summed E-state index contributed by atoms with van der Waals surface area (Å²) in [6.07, 6.45) is 0. The summed E-state index contributed by atoms with van der Waals surface area (Å²) < 4.78 is 0. The third-order valence-corrected chi connectivity index (χ3v) is 5.73. The van der Waals surface area contributed by atoms with Crippen molar-refractivity contribution in [3.63, 3.8) is 0 Å². The molecule has 0 aliphatic heterocycles. The molecule has 28 heavy (non-hydrogen) atoms. The van der Waals surface area contributed by atoms with Crippen molar-refractivity contribution in [2.75, 3.05) is 16.4 Å². The highest BCUT2D eigenvalue weighted by Gasteiger charge is 2.07. The van der Waals surface area contributed by atoms with Gasteiger partial charge in [-0.3, -0.25) is 9.59 Å². The van der Waals surface area contributed by atoms with Gasteiger partial charge < -0.3 is 10.6 Å². The van der Waals surface area contributed by atoms with Crippen LogP contribution in [0.4, 0.5) is 11.4 Å². The Morgan fingerprint density at radius 3 is 2.29 bits per heavy atom. The highest BCUT2D eigenvalue weighted by Crippen LogP contribution is 2.25. The quantitative estimate of drug-likeness (QED) is 0.577. The van der Waals surface area contributed by atoms with Crippen LogP contribution >= 0.6 is 23.1 Å². The molecule has 2 N–H and O–H groups in total. The van der Waals surface area contributed by atoms with E-state index in [0.29, 0.717) is 22.9 Å². The van der Waals surface area contributed by atoms with Gasteiger partial charge in [0.1, 0.15) is 5.01 Å². The lowest BCUT2D eigenvalue weighted by molar-refractivity contribution is -0.114. The number of carbonyl (C=O) groups is 2. The first-order valence-corrected chi connectivity index (χ1v) is 10.8. The Labute approximate surface area is 172 Å². The Balaban J connectivity index is 1.45. The van der Waals surface area contributed by atoms with Crippen molar-refractivity contribution in [3.05, 3.63) is 65.2 Å². The molecule has 0 unspecified atom stereocenters. The van der Waals surface area contributed by atoms with E-state index in [1.807, 2.05) is 5.38 Å². The molecule has 144 valence electrons. The number of amides is 2. The van der Waals surface area contributed by atoms with E-state index in [1.165, 1.54) is 24.2 Å². The monoisotopic (exact) mass is 411 g/mol. The first-order chi connectivity index (χ1) is 13.5. The molecule has 0 fully saturated rings. The molecule has 2 aromatic carbocycles. The number of anilines is 2. The maximum absolute atomic E-state index is 12.1. The molecule has 5 nitrogen and oxygen atoms in total. The van der Waals surface area contributed by atoms with E-state index in [9.17, 15) is 9.59 Å². The SMILES string of the molecule is CC(=O)Nc1ccc(NC(=O)CSCc2csc(-c3ccc(C)cc3)n2)cc1. The van der Waals surface area contributed by atoms with Gasteiger partial charge in [-0.15, -0.1) is 23.1 Å². The Morgan fingerprint density at radius 2 is 1.64 bits per heavy atom. The van der Waals surface area contributed by atoms with Crippen molar-refractivity contribution in [2.45, 2.75) is 19.6 Å². The molecule has 0 aliphatic rings. The smallest absolute Gasteiger partial charge is 0.234 e. The molecule has 0 atom stereocenters. The van der Waals surface area contributed by atoms with E-state index < -0.39 is 0 Å². The van der Waals surface area contributed by atoms with Crippen LogP contribution < -0.4 is 10.6 Å². The van der Waals surface area contributed by atoms with Gasteiger partial charge in [0.25, 0.3) is 0 Å². The Bertz CT molecular complexity index is 951. The highest BCUT2D eigenvalue weighted by molar-refractivity contribution is 7.99. The van der Waals surface area contributed by atoms with Crippen LogP contribution in [-0.2, 0) is 15.3 Å². The molecular formula is C21H21N3O2S2. The summed E-state index contributed by atoms with van der Waals surface area (Å²) in [5.41, 5.74) is 4.74. The number of aryl methyl sites for hydroxylation is 1. The second-order valence-electron chi connectivity index (χ2n) is 6.31. The van der Waals surface area contributed by atoms with Gasteiger partial charge in [-0.05, 0) is 31.2 Å². The number of benzene rings is 2. The molecule has 1 heterocycles. The van der Waals surface area contributed by atoms with Crippen molar-refractivity contribution in [1.29, 1.82) is 0 Å². The molecule has 1 aromatic heterocycles. The van der Waals surface area contributed by atoms with Crippen LogP contribution in [-0.4, -0.2) is 22.6 Å². The van der Waals surface area contributed by atoms with Gasteiger partial charge in [0, 0.05) is 35.0 Å². The first-order valence-electron chi connectivity index (χ1n) is 8.76. The van der Waals surface area contributed by atoms with E-state index in [1.54, 1.807) is 35.6 Å². The van der Waals surface area contributed by atoms with Gasteiger partial charge in [0.2, 0.25) is 11.8 Å². The Morgan fingerprint density at radius 1 is 1.00 bits per heavy atom. The zero-order valence-corrected chi connectivity index (χ0v) is 17.3. The number of nitrogens with zero attached hydrogens (tertiary/aromatic N) is 1. The summed E-state index contributed by atoms with van der Waals surface area (Å²) in [7, 11) is 0. The second kappa shape index (κ2) is 9.52. The normalized spacial score (nSPS) is 10.5. The lowest BCUT2D eigenvalue weighted by atomic mass is 10.2. The zero-order valence-electron chi connectivity index (χ0n) is 15.7. The fraction of sp³-hybridized carbons (Fsp3) is 0.190. The number of nitrogens with one attached hydrogen (secondary N) is 2. The molecular weight excluding hydrogens is 390 g/mol. The molecule has 0 bridgehead atoms. The molecule has 0 radical (unpaired) electrons. The van der Waals surface area contributed by atoms with E-state index in [4.69, 9.17) is 0 Å². The summed E-state index contributed by atoms with van der Waals surface area (Å²) in [6.45, 7) is 3.52. The molecule has 0 aliphatic carbocycles. The second-order valence-corrected chi connectivity index (χ2v) is 8.15. The summed E-state index contributed by atoms with van der Waals surface area (Å²) in [6, 6.07) is 15.4. The molecule has 7 heteroatoms. The fourth-order valence-electron chi connectivity index (χ4n) is 2.49. The summed E-state index contributed by atoms with van der Waals surface area (Å²) in [4.78, 5) is 27.8. The van der Waals surface area contributed by atoms with Crippen LogP contribution in [0.2, 0.25) is 0 Å². The average molecular weight is 412 g/mol. The third-order valence-electron chi connectivity index (χ3n) is 3.82. The lowest BCUT2D eigenvalue weighted by Gasteiger charge is -2.06. The Kier molecular flexibility index (Phi) is 6.84. The number of hydrogen-bond acceptors (Lipinski definition) is 5. The van der Waals surface area contributed by atoms with Gasteiger partial charge >= 0.3 is 0 Å². The minimum absolute atomic E-state index is 0.0636. The molecule has 3 aromatic rings. The summed E-state index contributed by atoms with van der Waals surface area (Å²) in [5.74, 6) is 0.856. The molecule has 0 saturated carbocycles. The third kappa shape index (κ3) is 5.94. The largest absolute Gasteiger partial charge is 0.326 e. The zero-order chi connectivity index (χ0) is 19.9. The van der Waals surface area contributed by atoms with Crippen molar-refractivity contribution in [3.8, 4) is 10.6 Å². The number of rotatable bonds is 7. The number of aromatic nitrogens is 1. The topological polar surface area (TPSA) is 71.1 Å². The average Bonchev–Trinajstić information content (AvgIpc) is 3.12. The fourth-order valence-corrected chi connectivity index (χ4v) is 4.14. The van der Waals surface area contributed by atoms with Crippen LogP contribution in [0.3, 0.4) is 0 Å². The maximum atomic E-state index is 12.1. The summed E-state index contributed by atoms with van der Waals surface area (Å²) >= 11 is 3.15. The standard InChI is InChI=1S/C21H21N3O2S2/c1-14-3-5-16(6-4-14)21-24-19(12-28-21)11-27-13-20(26)23-18-9-7-17(8-10-18)22-15(2)25/h3-10,12H,11,13H2,1-2H3,(H,22,25)(H,23,26). The van der Waals surface area contributed by atoms with Crippen LogP contribution in [0.1, 0.15) is 18.2 Å². The van der Waals surface area contributed by atoms with Crippen molar-refractivity contribution >= 4 is 46.3 Å². The number of thiazole rings is 1. The number of carbonyl (C=O) groups excluding carboxylic acids is 2. The first kappa shape index (κ1) is 20.1. The molecule has 3 rings (SSSR count). The minimum Gasteiger partial charge on any atom is -0.326 e. The van der Waals surface area contributed by atoms with Gasteiger partial charge in [0.05, 0.1) is 11.4 Å².